The lowest BCUT2D eigenvalue weighted by Gasteiger charge is -2.13. The second-order valence-corrected chi connectivity index (χ2v) is 8.61. The van der Waals surface area contributed by atoms with E-state index in [1.165, 1.54) is 11.3 Å². The predicted octanol–water partition coefficient (Wildman–Crippen LogP) is 4.54. The van der Waals surface area contributed by atoms with Gasteiger partial charge in [-0.25, -0.2) is 4.98 Å². The maximum absolute atomic E-state index is 13.2. The molecule has 0 amide bonds. The molecular formula is C22H18N2O4S2. The molecule has 8 heteroatoms. The van der Waals surface area contributed by atoms with Crippen molar-refractivity contribution in [2.75, 3.05) is 13.9 Å². The van der Waals surface area contributed by atoms with Gasteiger partial charge in [0, 0.05) is 5.75 Å². The van der Waals surface area contributed by atoms with Crippen LogP contribution in [0.3, 0.4) is 0 Å². The lowest BCUT2D eigenvalue weighted by Crippen LogP contribution is -2.23. The Labute approximate surface area is 181 Å². The molecule has 0 N–H and O–H groups in total. The quantitative estimate of drug-likeness (QED) is 0.325. The van der Waals surface area contributed by atoms with Crippen molar-refractivity contribution in [2.45, 2.75) is 17.5 Å². The first kappa shape index (κ1) is 19.0. The van der Waals surface area contributed by atoms with Crippen LogP contribution < -0.4 is 19.8 Å². The lowest BCUT2D eigenvalue weighted by molar-refractivity contribution is 0.174. The fourth-order valence-electron chi connectivity index (χ4n) is 3.31. The van der Waals surface area contributed by atoms with Crippen LogP contribution in [-0.2, 0) is 12.3 Å². The van der Waals surface area contributed by atoms with E-state index in [1.807, 2.05) is 53.9 Å². The number of methoxy groups -OCH3 is 1. The van der Waals surface area contributed by atoms with Gasteiger partial charge in [0.1, 0.15) is 10.4 Å². The number of aromatic nitrogens is 2. The predicted molar refractivity (Wildman–Crippen MR) is 118 cm³/mol. The molecule has 30 heavy (non-hydrogen) atoms. The number of hydrogen-bond acceptors (Lipinski definition) is 7. The molecule has 0 saturated heterocycles. The highest BCUT2D eigenvalue weighted by molar-refractivity contribution is 7.98. The summed E-state index contributed by atoms with van der Waals surface area (Å²) >= 11 is 2.96. The Morgan fingerprint density at radius 1 is 1.13 bits per heavy atom. The van der Waals surface area contributed by atoms with E-state index in [1.54, 1.807) is 23.4 Å². The van der Waals surface area contributed by atoms with E-state index in [2.05, 4.69) is 0 Å². The number of ether oxygens (including phenoxy) is 3. The second kappa shape index (κ2) is 8.04. The number of benzene rings is 2. The molecule has 0 saturated carbocycles. The zero-order chi connectivity index (χ0) is 20.5. The number of hydrogen-bond donors (Lipinski definition) is 0. The van der Waals surface area contributed by atoms with E-state index < -0.39 is 0 Å². The second-order valence-electron chi connectivity index (χ2n) is 6.75. The minimum absolute atomic E-state index is 0.0270. The van der Waals surface area contributed by atoms with Gasteiger partial charge in [0.25, 0.3) is 5.56 Å². The van der Waals surface area contributed by atoms with E-state index in [0.717, 1.165) is 28.1 Å². The van der Waals surface area contributed by atoms with Gasteiger partial charge in [-0.05, 0) is 46.8 Å². The number of rotatable bonds is 6. The Hall–Kier alpha value is -2.97. The minimum Gasteiger partial charge on any atom is -0.497 e. The minimum atomic E-state index is -0.0270. The molecule has 2 aromatic heterocycles. The van der Waals surface area contributed by atoms with Crippen LogP contribution in [0.2, 0.25) is 0 Å². The maximum atomic E-state index is 13.2. The van der Waals surface area contributed by atoms with Crippen molar-refractivity contribution in [3.05, 3.63) is 75.4 Å². The molecular weight excluding hydrogens is 420 g/mol. The first-order chi connectivity index (χ1) is 14.7. The Bertz CT molecular complexity index is 1280. The third-order valence-corrected chi connectivity index (χ3v) is 6.75. The van der Waals surface area contributed by atoms with Crippen molar-refractivity contribution in [1.29, 1.82) is 0 Å². The number of fused-ring (bicyclic) bond motifs is 2. The molecule has 1 aliphatic heterocycles. The maximum Gasteiger partial charge on any atom is 0.272 e. The topological polar surface area (TPSA) is 62.6 Å². The third kappa shape index (κ3) is 3.64. The van der Waals surface area contributed by atoms with Crippen LogP contribution in [0.5, 0.6) is 17.2 Å². The van der Waals surface area contributed by atoms with Crippen LogP contribution >= 0.6 is 23.1 Å². The number of thioether (sulfide) groups is 1. The van der Waals surface area contributed by atoms with Crippen LogP contribution in [-0.4, -0.2) is 23.5 Å². The Balaban J connectivity index is 1.49. The van der Waals surface area contributed by atoms with Crippen molar-refractivity contribution < 1.29 is 14.2 Å². The van der Waals surface area contributed by atoms with Crippen molar-refractivity contribution in [1.82, 2.24) is 9.55 Å². The first-order valence-electron chi connectivity index (χ1n) is 9.33. The van der Waals surface area contributed by atoms with E-state index >= 15 is 0 Å². The summed E-state index contributed by atoms with van der Waals surface area (Å²) in [5, 5.41) is 2.59. The highest BCUT2D eigenvalue weighted by Crippen LogP contribution is 2.33. The smallest absolute Gasteiger partial charge is 0.272 e. The van der Waals surface area contributed by atoms with E-state index in [9.17, 15) is 4.79 Å². The number of thiophene rings is 1. The third-order valence-electron chi connectivity index (χ3n) is 4.81. The molecule has 6 nitrogen and oxygen atoms in total. The van der Waals surface area contributed by atoms with Crippen LogP contribution in [0.4, 0.5) is 0 Å². The van der Waals surface area contributed by atoms with Crippen LogP contribution in [0.15, 0.2) is 63.9 Å². The summed E-state index contributed by atoms with van der Waals surface area (Å²) < 4.78 is 18.6. The van der Waals surface area contributed by atoms with Gasteiger partial charge in [-0.2, -0.15) is 0 Å². The lowest BCUT2D eigenvalue weighted by atomic mass is 10.2. The average Bonchev–Trinajstić information content (AvgIpc) is 3.43. The largest absolute Gasteiger partial charge is 0.497 e. The zero-order valence-corrected chi connectivity index (χ0v) is 17.8. The molecule has 0 unspecified atom stereocenters. The molecule has 152 valence electrons. The van der Waals surface area contributed by atoms with Gasteiger partial charge in [-0.15, -0.1) is 11.3 Å². The Morgan fingerprint density at radius 2 is 2.03 bits per heavy atom. The van der Waals surface area contributed by atoms with Crippen molar-refractivity contribution in [2.24, 2.45) is 0 Å². The number of nitrogens with zero attached hydrogens (tertiary/aromatic N) is 2. The van der Waals surface area contributed by atoms with Gasteiger partial charge in [-0.3, -0.25) is 9.36 Å². The molecule has 0 radical (unpaired) electrons. The molecule has 0 fully saturated rings. The SMILES string of the molecule is COc1cccc(CSc2nc3ccsc3c(=O)n2Cc2ccc3c(c2)OCO3)c1. The van der Waals surface area contributed by atoms with Crippen LogP contribution in [0.1, 0.15) is 11.1 Å². The van der Waals surface area contributed by atoms with E-state index in [0.29, 0.717) is 27.9 Å². The fraction of sp³-hybridized carbons (Fsp3) is 0.182. The van der Waals surface area contributed by atoms with Gasteiger partial charge in [0.2, 0.25) is 6.79 Å². The summed E-state index contributed by atoms with van der Waals surface area (Å²) in [6, 6.07) is 15.6. The normalized spacial score (nSPS) is 12.4. The Morgan fingerprint density at radius 3 is 2.93 bits per heavy atom. The van der Waals surface area contributed by atoms with Gasteiger partial charge < -0.3 is 14.2 Å². The van der Waals surface area contributed by atoms with Crippen molar-refractivity contribution in [3.63, 3.8) is 0 Å². The molecule has 1 aliphatic rings. The first-order valence-corrected chi connectivity index (χ1v) is 11.2. The van der Waals surface area contributed by atoms with Crippen molar-refractivity contribution >= 4 is 33.3 Å². The molecule has 3 heterocycles. The van der Waals surface area contributed by atoms with Gasteiger partial charge in [0.05, 0.1) is 19.2 Å². The Kier molecular flexibility index (Phi) is 5.10. The van der Waals surface area contributed by atoms with Gasteiger partial charge >= 0.3 is 0 Å². The summed E-state index contributed by atoms with van der Waals surface area (Å²) in [7, 11) is 1.65. The van der Waals surface area contributed by atoms with E-state index in [4.69, 9.17) is 19.2 Å². The van der Waals surface area contributed by atoms with Gasteiger partial charge in [-0.1, -0.05) is 30.0 Å². The summed E-state index contributed by atoms with van der Waals surface area (Å²) in [6.45, 7) is 0.639. The molecule has 4 aromatic rings. The standard InChI is InChI=1S/C22H18N2O4S2/c1-26-16-4-2-3-15(9-16)12-30-22-23-17-7-8-29-20(17)21(25)24(22)11-14-5-6-18-19(10-14)28-13-27-18/h2-10H,11-13H2,1H3. The highest BCUT2D eigenvalue weighted by atomic mass is 32.2. The molecule has 0 atom stereocenters. The van der Waals surface area contributed by atoms with E-state index in [-0.39, 0.29) is 12.4 Å². The molecule has 5 rings (SSSR count). The van der Waals surface area contributed by atoms with Crippen LogP contribution in [0, 0.1) is 0 Å². The summed E-state index contributed by atoms with van der Waals surface area (Å²) in [5.74, 6) is 2.93. The fourth-order valence-corrected chi connectivity index (χ4v) is 5.03. The van der Waals surface area contributed by atoms with Crippen LogP contribution in [0.25, 0.3) is 10.2 Å². The molecule has 2 aromatic carbocycles. The summed E-state index contributed by atoms with van der Waals surface area (Å²) in [4.78, 5) is 18.0. The average molecular weight is 439 g/mol. The summed E-state index contributed by atoms with van der Waals surface area (Å²) in [5.41, 5.74) is 2.77. The zero-order valence-electron chi connectivity index (χ0n) is 16.2. The monoisotopic (exact) mass is 438 g/mol. The molecule has 0 bridgehead atoms. The molecule has 0 aliphatic carbocycles. The summed E-state index contributed by atoms with van der Waals surface area (Å²) in [6.07, 6.45) is 0. The molecule has 0 spiro atoms. The highest BCUT2D eigenvalue weighted by Gasteiger charge is 2.17. The van der Waals surface area contributed by atoms with Gasteiger partial charge in [0.15, 0.2) is 16.7 Å². The van der Waals surface area contributed by atoms with Crippen molar-refractivity contribution in [3.8, 4) is 17.2 Å².